The van der Waals surface area contributed by atoms with Crippen LogP contribution in [0.4, 0.5) is 0 Å². The highest BCUT2D eigenvalue weighted by Gasteiger charge is 2.00. The van der Waals surface area contributed by atoms with Crippen molar-refractivity contribution < 1.29 is 5.11 Å². The normalized spacial score (nSPS) is 10.2. The number of phenolic OH excluding ortho intramolecular Hbond substituents is 1. The highest BCUT2D eigenvalue weighted by Crippen LogP contribution is 2.22. The molecular formula is C10H13ClO. The lowest BCUT2D eigenvalue weighted by Gasteiger charge is -2.03. The molecule has 0 aliphatic heterocycles. The fraction of sp³-hybridized carbons (Fsp3) is 0.400. The van der Waals surface area contributed by atoms with E-state index in [1.54, 1.807) is 12.1 Å². The molecule has 0 saturated carbocycles. The van der Waals surface area contributed by atoms with Crippen LogP contribution >= 0.6 is 11.6 Å². The molecule has 0 bridgehead atoms. The first-order valence-corrected chi connectivity index (χ1v) is 4.59. The van der Waals surface area contributed by atoms with Gasteiger partial charge in [0.2, 0.25) is 0 Å². The second kappa shape index (κ2) is 4.36. The average molecular weight is 185 g/mol. The number of unbranched alkanes of at least 4 members (excludes halogenated alkanes) is 1. The van der Waals surface area contributed by atoms with Crippen LogP contribution < -0.4 is 0 Å². The summed E-state index contributed by atoms with van der Waals surface area (Å²) in [6, 6.07) is 5.17. The summed E-state index contributed by atoms with van der Waals surface area (Å²) >= 11 is 5.78. The van der Waals surface area contributed by atoms with E-state index in [-0.39, 0.29) is 0 Å². The Labute approximate surface area is 78.0 Å². The summed E-state index contributed by atoms with van der Waals surface area (Å²) in [5.41, 5.74) is 0.948. The van der Waals surface area contributed by atoms with E-state index in [0.29, 0.717) is 10.8 Å². The van der Waals surface area contributed by atoms with Crippen molar-refractivity contribution in [3.63, 3.8) is 0 Å². The monoisotopic (exact) mass is 184 g/mol. The van der Waals surface area contributed by atoms with Gasteiger partial charge in [-0.15, -0.1) is 0 Å². The Morgan fingerprint density at radius 1 is 1.42 bits per heavy atom. The van der Waals surface area contributed by atoms with Gasteiger partial charge in [0.25, 0.3) is 0 Å². The molecule has 0 amide bonds. The maximum absolute atomic E-state index is 9.40. The van der Waals surface area contributed by atoms with E-state index in [4.69, 9.17) is 11.6 Å². The summed E-state index contributed by atoms with van der Waals surface area (Å²) in [4.78, 5) is 0. The first kappa shape index (κ1) is 9.40. The topological polar surface area (TPSA) is 20.2 Å². The third kappa shape index (κ3) is 2.42. The number of benzene rings is 1. The van der Waals surface area contributed by atoms with E-state index in [0.717, 1.165) is 24.8 Å². The molecule has 66 valence electrons. The predicted molar refractivity (Wildman–Crippen MR) is 51.7 cm³/mol. The van der Waals surface area contributed by atoms with Crippen molar-refractivity contribution in [3.05, 3.63) is 28.8 Å². The van der Waals surface area contributed by atoms with Crippen molar-refractivity contribution in [1.82, 2.24) is 0 Å². The number of hydrogen-bond donors (Lipinski definition) is 1. The van der Waals surface area contributed by atoms with Gasteiger partial charge in [-0.25, -0.2) is 0 Å². The zero-order chi connectivity index (χ0) is 8.97. The molecule has 0 spiro atoms. The second-order valence-electron chi connectivity index (χ2n) is 2.88. The van der Waals surface area contributed by atoms with Gasteiger partial charge in [0, 0.05) is 5.02 Å². The molecule has 2 heteroatoms. The standard InChI is InChI=1S/C10H13ClO/c1-2-3-4-8-7-9(11)5-6-10(8)12/h5-7,12H,2-4H2,1H3. The molecule has 1 nitrogen and oxygen atoms in total. The molecule has 0 radical (unpaired) electrons. The first-order valence-electron chi connectivity index (χ1n) is 4.21. The number of rotatable bonds is 3. The SMILES string of the molecule is CCCCc1cc(Cl)ccc1O. The van der Waals surface area contributed by atoms with E-state index in [9.17, 15) is 5.11 Å². The Hall–Kier alpha value is -0.690. The molecule has 1 aromatic carbocycles. The molecule has 1 rings (SSSR count). The Bertz CT molecular complexity index is 258. The van der Waals surface area contributed by atoms with Crippen molar-refractivity contribution in [2.24, 2.45) is 0 Å². The van der Waals surface area contributed by atoms with Gasteiger partial charge in [-0.05, 0) is 36.6 Å². The molecular weight excluding hydrogens is 172 g/mol. The van der Waals surface area contributed by atoms with Crippen LogP contribution in [0.2, 0.25) is 5.02 Å². The van der Waals surface area contributed by atoms with Crippen molar-refractivity contribution in [2.45, 2.75) is 26.2 Å². The molecule has 0 atom stereocenters. The number of phenols is 1. The van der Waals surface area contributed by atoms with Crippen LogP contribution in [0.5, 0.6) is 5.75 Å². The maximum atomic E-state index is 9.40. The Kier molecular flexibility index (Phi) is 3.42. The van der Waals surface area contributed by atoms with Crippen molar-refractivity contribution in [3.8, 4) is 5.75 Å². The lowest BCUT2D eigenvalue weighted by Crippen LogP contribution is -1.85. The molecule has 1 N–H and O–H groups in total. The van der Waals surface area contributed by atoms with Crippen LogP contribution in [0.15, 0.2) is 18.2 Å². The summed E-state index contributed by atoms with van der Waals surface area (Å²) < 4.78 is 0. The third-order valence-electron chi connectivity index (χ3n) is 1.84. The van der Waals surface area contributed by atoms with Gasteiger partial charge in [-0.1, -0.05) is 24.9 Å². The van der Waals surface area contributed by atoms with Crippen molar-refractivity contribution in [1.29, 1.82) is 0 Å². The van der Waals surface area contributed by atoms with Crippen molar-refractivity contribution >= 4 is 11.6 Å². The van der Waals surface area contributed by atoms with E-state index in [1.165, 1.54) is 0 Å². The van der Waals surface area contributed by atoms with E-state index >= 15 is 0 Å². The lowest BCUT2D eigenvalue weighted by molar-refractivity contribution is 0.467. The minimum absolute atomic E-state index is 0.354. The summed E-state index contributed by atoms with van der Waals surface area (Å²) in [6.45, 7) is 2.13. The quantitative estimate of drug-likeness (QED) is 0.764. The van der Waals surface area contributed by atoms with Gasteiger partial charge in [-0.2, -0.15) is 0 Å². The fourth-order valence-electron chi connectivity index (χ4n) is 1.12. The van der Waals surface area contributed by atoms with Gasteiger partial charge >= 0.3 is 0 Å². The molecule has 12 heavy (non-hydrogen) atoms. The van der Waals surface area contributed by atoms with Gasteiger partial charge in [0.15, 0.2) is 0 Å². The van der Waals surface area contributed by atoms with Gasteiger partial charge in [-0.3, -0.25) is 0 Å². The van der Waals surface area contributed by atoms with Gasteiger partial charge in [0.05, 0.1) is 0 Å². The van der Waals surface area contributed by atoms with E-state index < -0.39 is 0 Å². The Morgan fingerprint density at radius 2 is 2.17 bits per heavy atom. The molecule has 0 aliphatic carbocycles. The zero-order valence-corrected chi connectivity index (χ0v) is 7.93. The zero-order valence-electron chi connectivity index (χ0n) is 7.18. The van der Waals surface area contributed by atoms with Crippen LogP contribution in [0.3, 0.4) is 0 Å². The average Bonchev–Trinajstić information content (AvgIpc) is 2.07. The molecule has 0 saturated heterocycles. The van der Waals surface area contributed by atoms with Crippen LogP contribution in [0.25, 0.3) is 0 Å². The molecule has 0 aliphatic rings. The number of halogens is 1. The van der Waals surface area contributed by atoms with Gasteiger partial charge < -0.3 is 5.11 Å². The molecule has 0 aromatic heterocycles. The third-order valence-corrected chi connectivity index (χ3v) is 2.08. The summed E-state index contributed by atoms with van der Waals surface area (Å²) in [5.74, 6) is 0.354. The van der Waals surface area contributed by atoms with Crippen LogP contribution in [-0.4, -0.2) is 5.11 Å². The van der Waals surface area contributed by atoms with Crippen molar-refractivity contribution in [2.75, 3.05) is 0 Å². The molecule has 1 aromatic rings. The number of aryl methyl sites for hydroxylation is 1. The van der Waals surface area contributed by atoms with E-state index in [1.807, 2.05) is 6.07 Å². The predicted octanol–water partition coefficient (Wildman–Crippen LogP) is 3.39. The molecule has 0 heterocycles. The minimum atomic E-state index is 0.354. The summed E-state index contributed by atoms with van der Waals surface area (Å²) in [6.07, 6.45) is 3.13. The minimum Gasteiger partial charge on any atom is -0.508 e. The smallest absolute Gasteiger partial charge is 0.118 e. The fourth-order valence-corrected chi connectivity index (χ4v) is 1.32. The first-order chi connectivity index (χ1) is 5.74. The van der Waals surface area contributed by atoms with Crippen LogP contribution in [-0.2, 0) is 6.42 Å². The van der Waals surface area contributed by atoms with E-state index in [2.05, 4.69) is 6.92 Å². The second-order valence-corrected chi connectivity index (χ2v) is 3.31. The maximum Gasteiger partial charge on any atom is 0.118 e. The van der Waals surface area contributed by atoms with Crippen LogP contribution in [0, 0.1) is 0 Å². The summed E-state index contributed by atoms with van der Waals surface area (Å²) in [7, 11) is 0. The molecule has 0 fully saturated rings. The Balaban J connectivity index is 2.75. The van der Waals surface area contributed by atoms with Crippen LogP contribution in [0.1, 0.15) is 25.3 Å². The highest BCUT2D eigenvalue weighted by atomic mass is 35.5. The number of aromatic hydroxyl groups is 1. The Morgan fingerprint density at radius 3 is 2.83 bits per heavy atom. The largest absolute Gasteiger partial charge is 0.508 e. The highest BCUT2D eigenvalue weighted by molar-refractivity contribution is 6.30. The van der Waals surface area contributed by atoms with Gasteiger partial charge in [0.1, 0.15) is 5.75 Å². The number of hydrogen-bond acceptors (Lipinski definition) is 1. The summed E-state index contributed by atoms with van der Waals surface area (Å²) in [5, 5.41) is 10.1. The molecule has 0 unspecified atom stereocenters. The lowest BCUT2D eigenvalue weighted by atomic mass is 10.1.